The van der Waals surface area contributed by atoms with Crippen LogP contribution in [0.25, 0.3) is 0 Å². The van der Waals surface area contributed by atoms with Crippen molar-refractivity contribution in [3.05, 3.63) is 74.8 Å². The zero-order chi connectivity index (χ0) is 18.0. The molecule has 1 aliphatic heterocycles. The minimum absolute atomic E-state index is 0. The number of halogens is 2. The molecule has 0 saturated carbocycles. The third kappa shape index (κ3) is 4.15. The average molecular weight is 396 g/mol. The van der Waals surface area contributed by atoms with Crippen molar-refractivity contribution in [3.8, 4) is 0 Å². The highest BCUT2D eigenvalue weighted by Crippen LogP contribution is 2.33. The standard InChI is InChI=1S/C18H18ClN3O3.ClH/c19-15-6-13(7-16(8-15)22(24)25)18(23)21-10-14(9-20)17(11-21)12-4-2-1-3-5-12;/h1-8,14,17H,9-11,20H2;1H/t14-,17+;/m1./s1. The van der Waals surface area contributed by atoms with E-state index in [0.717, 1.165) is 5.56 Å². The van der Waals surface area contributed by atoms with E-state index in [2.05, 4.69) is 0 Å². The molecule has 2 aromatic rings. The van der Waals surface area contributed by atoms with Crippen molar-refractivity contribution in [2.24, 2.45) is 11.7 Å². The maximum Gasteiger partial charge on any atom is 0.271 e. The summed E-state index contributed by atoms with van der Waals surface area (Å²) in [7, 11) is 0. The Bertz CT molecular complexity index is 802. The van der Waals surface area contributed by atoms with Gasteiger partial charge in [0.25, 0.3) is 11.6 Å². The van der Waals surface area contributed by atoms with Crippen molar-refractivity contribution < 1.29 is 9.72 Å². The summed E-state index contributed by atoms with van der Waals surface area (Å²) in [4.78, 5) is 25.0. The highest BCUT2D eigenvalue weighted by atomic mass is 35.5. The van der Waals surface area contributed by atoms with Crippen LogP contribution in [0.15, 0.2) is 48.5 Å². The van der Waals surface area contributed by atoms with Crippen LogP contribution in [0.4, 0.5) is 5.69 Å². The number of rotatable bonds is 4. The fourth-order valence-corrected chi connectivity index (χ4v) is 3.57. The van der Waals surface area contributed by atoms with Crippen LogP contribution in [-0.4, -0.2) is 35.4 Å². The maximum absolute atomic E-state index is 12.8. The first-order valence-corrected chi connectivity index (χ1v) is 8.36. The van der Waals surface area contributed by atoms with Crippen molar-refractivity contribution >= 4 is 35.6 Å². The summed E-state index contributed by atoms with van der Waals surface area (Å²) in [6.07, 6.45) is 0. The monoisotopic (exact) mass is 395 g/mol. The number of carbonyl (C=O) groups excluding carboxylic acids is 1. The van der Waals surface area contributed by atoms with Crippen molar-refractivity contribution in [3.63, 3.8) is 0 Å². The zero-order valence-electron chi connectivity index (χ0n) is 13.9. The SMILES string of the molecule is Cl.NC[C@@H]1CN(C(=O)c2cc(Cl)cc([N+](=O)[O-])c2)C[C@H]1c1ccccc1. The van der Waals surface area contributed by atoms with Gasteiger partial charge in [0.1, 0.15) is 0 Å². The largest absolute Gasteiger partial charge is 0.338 e. The van der Waals surface area contributed by atoms with Gasteiger partial charge in [0.15, 0.2) is 0 Å². The van der Waals surface area contributed by atoms with Crippen LogP contribution in [0.3, 0.4) is 0 Å². The molecule has 1 amide bonds. The Morgan fingerprint density at radius 3 is 2.54 bits per heavy atom. The molecule has 138 valence electrons. The molecule has 0 bridgehead atoms. The number of amides is 1. The lowest BCUT2D eigenvalue weighted by atomic mass is 9.89. The molecular weight excluding hydrogens is 377 g/mol. The molecule has 8 heteroatoms. The van der Waals surface area contributed by atoms with Crippen molar-refractivity contribution in [1.82, 2.24) is 4.90 Å². The first-order chi connectivity index (χ1) is 12.0. The van der Waals surface area contributed by atoms with E-state index in [1.807, 2.05) is 30.3 Å². The van der Waals surface area contributed by atoms with Gasteiger partial charge in [0.05, 0.1) is 4.92 Å². The Balaban J connectivity index is 0.00000243. The highest BCUT2D eigenvalue weighted by Gasteiger charge is 2.35. The van der Waals surface area contributed by atoms with E-state index in [-0.39, 0.29) is 46.4 Å². The average Bonchev–Trinajstić information content (AvgIpc) is 3.05. The first kappa shape index (κ1) is 20.2. The third-order valence-corrected chi connectivity index (χ3v) is 4.82. The van der Waals surface area contributed by atoms with Gasteiger partial charge in [0, 0.05) is 41.7 Å². The maximum atomic E-state index is 12.8. The van der Waals surface area contributed by atoms with E-state index in [1.54, 1.807) is 4.90 Å². The number of hydrogen-bond acceptors (Lipinski definition) is 4. The summed E-state index contributed by atoms with van der Waals surface area (Å²) in [6.45, 7) is 1.53. The van der Waals surface area contributed by atoms with Crippen LogP contribution in [0, 0.1) is 16.0 Å². The molecule has 1 saturated heterocycles. The Labute approximate surface area is 162 Å². The van der Waals surface area contributed by atoms with Crippen LogP contribution in [0.1, 0.15) is 21.8 Å². The van der Waals surface area contributed by atoms with Crippen LogP contribution in [-0.2, 0) is 0 Å². The molecule has 1 aliphatic rings. The molecule has 0 radical (unpaired) electrons. The molecule has 2 aromatic carbocycles. The van der Waals surface area contributed by atoms with Gasteiger partial charge in [-0.1, -0.05) is 41.9 Å². The molecule has 1 heterocycles. The van der Waals surface area contributed by atoms with E-state index in [1.165, 1.54) is 18.2 Å². The van der Waals surface area contributed by atoms with E-state index in [9.17, 15) is 14.9 Å². The number of carbonyl (C=O) groups is 1. The lowest BCUT2D eigenvalue weighted by Crippen LogP contribution is -2.29. The lowest BCUT2D eigenvalue weighted by Gasteiger charge is -2.17. The molecule has 2 N–H and O–H groups in total. The number of hydrogen-bond donors (Lipinski definition) is 1. The quantitative estimate of drug-likeness (QED) is 0.633. The fourth-order valence-electron chi connectivity index (χ4n) is 3.34. The lowest BCUT2D eigenvalue weighted by molar-refractivity contribution is -0.384. The molecule has 0 unspecified atom stereocenters. The number of non-ortho nitro benzene ring substituents is 1. The van der Waals surface area contributed by atoms with Crippen LogP contribution in [0.5, 0.6) is 0 Å². The second-order valence-electron chi connectivity index (χ2n) is 6.18. The van der Waals surface area contributed by atoms with Gasteiger partial charge in [0.2, 0.25) is 0 Å². The number of likely N-dealkylation sites (tertiary alicyclic amines) is 1. The minimum Gasteiger partial charge on any atom is -0.338 e. The second kappa shape index (κ2) is 8.49. The number of nitrogens with two attached hydrogens (primary N) is 1. The molecular formula is C18H19Cl2N3O3. The van der Waals surface area contributed by atoms with Crippen molar-refractivity contribution in [2.45, 2.75) is 5.92 Å². The second-order valence-corrected chi connectivity index (χ2v) is 6.61. The van der Waals surface area contributed by atoms with Crippen LogP contribution >= 0.6 is 24.0 Å². The van der Waals surface area contributed by atoms with Gasteiger partial charge in [-0.25, -0.2) is 0 Å². The first-order valence-electron chi connectivity index (χ1n) is 7.99. The minimum atomic E-state index is -0.553. The summed E-state index contributed by atoms with van der Waals surface area (Å²) in [5.74, 6) is 0.0484. The Kier molecular flexibility index (Phi) is 6.58. The van der Waals surface area contributed by atoms with E-state index in [0.29, 0.717) is 19.6 Å². The van der Waals surface area contributed by atoms with E-state index < -0.39 is 4.92 Å². The van der Waals surface area contributed by atoms with Crippen LogP contribution in [0.2, 0.25) is 5.02 Å². The third-order valence-electron chi connectivity index (χ3n) is 4.60. The Morgan fingerprint density at radius 1 is 1.23 bits per heavy atom. The molecule has 0 aliphatic carbocycles. The summed E-state index contributed by atoms with van der Waals surface area (Å²) in [6, 6.07) is 13.9. The molecule has 2 atom stereocenters. The smallest absolute Gasteiger partial charge is 0.271 e. The zero-order valence-corrected chi connectivity index (χ0v) is 15.4. The van der Waals surface area contributed by atoms with E-state index in [4.69, 9.17) is 17.3 Å². The Morgan fingerprint density at radius 2 is 1.92 bits per heavy atom. The summed E-state index contributed by atoms with van der Waals surface area (Å²) in [5, 5.41) is 11.2. The molecule has 0 spiro atoms. The van der Waals surface area contributed by atoms with Gasteiger partial charge in [-0.2, -0.15) is 0 Å². The number of nitrogens with zero attached hydrogens (tertiary/aromatic N) is 2. The van der Waals surface area contributed by atoms with Gasteiger partial charge in [-0.3, -0.25) is 14.9 Å². The highest BCUT2D eigenvalue weighted by molar-refractivity contribution is 6.31. The number of nitro groups is 1. The van der Waals surface area contributed by atoms with Crippen molar-refractivity contribution in [2.75, 3.05) is 19.6 Å². The van der Waals surface area contributed by atoms with Gasteiger partial charge in [-0.15, -0.1) is 12.4 Å². The van der Waals surface area contributed by atoms with Crippen LogP contribution < -0.4 is 5.73 Å². The normalized spacial score (nSPS) is 19.1. The molecule has 26 heavy (non-hydrogen) atoms. The van der Waals surface area contributed by atoms with Gasteiger partial charge < -0.3 is 10.6 Å². The molecule has 6 nitrogen and oxygen atoms in total. The van der Waals surface area contributed by atoms with Crippen molar-refractivity contribution in [1.29, 1.82) is 0 Å². The predicted molar refractivity (Wildman–Crippen MR) is 103 cm³/mol. The molecule has 1 fully saturated rings. The molecule has 3 rings (SSSR count). The molecule has 0 aromatic heterocycles. The van der Waals surface area contributed by atoms with Gasteiger partial charge in [-0.05, 0) is 24.1 Å². The number of benzene rings is 2. The summed E-state index contributed by atoms with van der Waals surface area (Å²) in [5.41, 5.74) is 7.08. The number of nitro benzene ring substituents is 1. The Hall–Kier alpha value is -2.15. The van der Waals surface area contributed by atoms with E-state index >= 15 is 0 Å². The predicted octanol–water partition coefficient (Wildman–Crippen LogP) is 3.48. The fraction of sp³-hybridized carbons (Fsp3) is 0.278. The summed E-state index contributed by atoms with van der Waals surface area (Å²) >= 11 is 5.93. The topological polar surface area (TPSA) is 89.5 Å². The van der Waals surface area contributed by atoms with Gasteiger partial charge >= 0.3 is 0 Å². The summed E-state index contributed by atoms with van der Waals surface area (Å²) < 4.78 is 0.